The van der Waals surface area contributed by atoms with Gasteiger partial charge in [-0.1, -0.05) is 0 Å². The summed E-state index contributed by atoms with van der Waals surface area (Å²) in [7, 11) is 2.96. The normalized spacial score (nSPS) is 11.3. The zero-order valence-electron chi connectivity index (χ0n) is 14.7. The van der Waals surface area contributed by atoms with E-state index < -0.39 is 11.9 Å². The van der Waals surface area contributed by atoms with E-state index in [0.29, 0.717) is 29.2 Å². The van der Waals surface area contributed by atoms with Gasteiger partial charge in [-0.05, 0) is 31.5 Å². The molecular weight excluding hydrogens is 351 g/mol. The summed E-state index contributed by atoms with van der Waals surface area (Å²) in [4.78, 5) is 12.2. The molecule has 1 aromatic heterocycles. The summed E-state index contributed by atoms with van der Waals surface area (Å²) in [6, 6.07) is 5.82. The molecule has 0 fully saturated rings. The second-order valence-electron chi connectivity index (χ2n) is 5.57. The Kier molecular flexibility index (Phi) is 6.12. The molecule has 2 aromatic rings. The lowest BCUT2D eigenvalue weighted by Crippen LogP contribution is -2.26. The van der Waals surface area contributed by atoms with Crippen LogP contribution >= 0.6 is 0 Å². The molecule has 0 aliphatic rings. The second-order valence-corrected chi connectivity index (χ2v) is 5.57. The van der Waals surface area contributed by atoms with E-state index in [9.17, 15) is 18.0 Å². The Balaban J connectivity index is 1.90. The van der Waals surface area contributed by atoms with Crippen molar-refractivity contribution >= 4 is 5.91 Å². The summed E-state index contributed by atoms with van der Waals surface area (Å²) in [5.74, 6) is 0.602. The fourth-order valence-corrected chi connectivity index (χ4v) is 2.39. The molecule has 0 saturated carbocycles. The molecule has 0 aliphatic heterocycles. The van der Waals surface area contributed by atoms with Gasteiger partial charge in [0.05, 0.1) is 19.8 Å². The number of nitrogens with one attached hydrogen (secondary N) is 1. The minimum absolute atomic E-state index is 0.266. The molecule has 6 nitrogen and oxygen atoms in total. The largest absolute Gasteiger partial charge is 0.497 e. The van der Waals surface area contributed by atoms with Crippen molar-refractivity contribution < 1.29 is 27.4 Å². The Morgan fingerprint density at radius 3 is 2.54 bits per heavy atom. The van der Waals surface area contributed by atoms with Gasteiger partial charge in [0.1, 0.15) is 11.5 Å². The molecule has 0 unspecified atom stereocenters. The smallest absolute Gasteiger partial charge is 0.435 e. The lowest BCUT2D eigenvalue weighted by Gasteiger charge is -2.11. The highest BCUT2D eigenvalue weighted by Gasteiger charge is 2.34. The fourth-order valence-electron chi connectivity index (χ4n) is 2.39. The van der Waals surface area contributed by atoms with Crippen molar-refractivity contribution in [3.63, 3.8) is 0 Å². The zero-order valence-corrected chi connectivity index (χ0v) is 14.7. The number of hydrogen-bond donors (Lipinski definition) is 1. The molecule has 142 valence electrons. The first-order valence-electron chi connectivity index (χ1n) is 7.88. The standard InChI is InChI=1S/C17H20F3N3O3/c1-11-9-15(17(18,19)20)22-23(11)8-4-7-21-16(24)13-6-5-12(25-2)10-14(13)26-3/h5-6,9-10H,4,7-8H2,1-3H3,(H,21,24). The SMILES string of the molecule is COc1ccc(C(=O)NCCCn2nc(C(F)(F)F)cc2C)c(OC)c1. The average Bonchev–Trinajstić information content (AvgIpc) is 2.99. The van der Waals surface area contributed by atoms with E-state index in [-0.39, 0.29) is 19.0 Å². The van der Waals surface area contributed by atoms with Gasteiger partial charge < -0.3 is 14.8 Å². The van der Waals surface area contributed by atoms with Crippen LogP contribution in [0.3, 0.4) is 0 Å². The van der Waals surface area contributed by atoms with Crippen LogP contribution < -0.4 is 14.8 Å². The molecule has 1 aromatic carbocycles. The van der Waals surface area contributed by atoms with E-state index in [1.54, 1.807) is 25.1 Å². The molecule has 1 heterocycles. The summed E-state index contributed by atoms with van der Waals surface area (Å²) >= 11 is 0. The maximum Gasteiger partial charge on any atom is 0.435 e. The van der Waals surface area contributed by atoms with Crippen LogP contribution in [0.1, 0.15) is 28.2 Å². The van der Waals surface area contributed by atoms with Gasteiger partial charge in [-0.2, -0.15) is 18.3 Å². The summed E-state index contributed by atoms with van der Waals surface area (Å²) in [5.41, 5.74) is -0.148. The first-order valence-corrected chi connectivity index (χ1v) is 7.88. The third-order valence-electron chi connectivity index (χ3n) is 3.76. The number of hydrogen-bond acceptors (Lipinski definition) is 4. The van der Waals surface area contributed by atoms with E-state index in [1.807, 2.05) is 0 Å². The lowest BCUT2D eigenvalue weighted by molar-refractivity contribution is -0.141. The zero-order chi connectivity index (χ0) is 19.3. The number of alkyl halides is 3. The number of carbonyl (C=O) groups is 1. The number of rotatable bonds is 7. The van der Waals surface area contributed by atoms with Gasteiger partial charge in [0.25, 0.3) is 5.91 Å². The lowest BCUT2D eigenvalue weighted by atomic mass is 10.1. The van der Waals surface area contributed by atoms with Crippen LogP contribution in [0.25, 0.3) is 0 Å². The van der Waals surface area contributed by atoms with Gasteiger partial charge in [0.2, 0.25) is 0 Å². The highest BCUT2D eigenvalue weighted by Crippen LogP contribution is 2.28. The molecule has 2 rings (SSSR count). The number of benzene rings is 1. The van der Waals surface area contributed by atoms with Crippen molar-refractivity contribution in [1.29, 1.82) is 0 Å². The Bertz CT molecular complexity index is 772. The molecular formula is C17H20F3N3O3. The summed E-state index contributed by atoms with van der Waals surface area (Å²) in [6.45, 7) is 2.11. The van der Waals surface area contributed by atoms with Crippen LogP contribution in [0.5, 0.6) is 11.5 Å². The highest BCUT2D eigenvalue weighted by molar-refractivity contribution is 5.97. The third-order valence-corrected chi connectivity index (χ3v) is 3.76. The minimum Gasteiger partial charge on any atom is -0.497 e. The predicted octanol–water partition coefficient (Wildman–Crippen LogP) is 3.05. The number of amides is 1. The number of aryl methyl sites for hydroxylation is 2. The molecule has 0 radical (unpaired) electrons. The van der Waals surface area contributed by atoms with Crippen molar-refractivity contribution in [2.24, 2.45) is 0 Å². The van der Waals surface area contributed by atoms with E-state index >= 15 is 0 Å². The first kappa shape index (κ1) is 19.6. The van der Waals surface area contributed by atoms with Gasteiger partial charge in [0, 0.05) is 24.8 Å². The molecule has 0 atom stereocenters. The monoisotopic (exact) mass is 371 g/mol. The number of methoxy groups -OCH3 is 2. The third kappa shape index (κ3) is 4.68. The fraction of sp³-hybridized carbons (Fsp3) is 0.412. The average molecular weight is 371 g/mol. The van der Waals surface area contributed by atoms with E-state index in [2.05, 4.69) is 10.4 Å². The highest BCUT2D eigenvalue weighted by atomic mass is 19.4. The van der Waals surface area contributed by atoms with E-state index in [4.69, 9.17) is 9.47 Å². The van der Waals surface area contributed by atoms with Gasteiger partial charge in [-0.3, -0.25) is 9.48 Å². The van der Waals surface area contributed by atoms with E-state index in [0.717, 1.165) is 6.07 Å². The second kappa shape index (κ2) is 8.11. The molecule has 9 heteroatoms. The molecule has 0 saturated heterocycles. The number of nitrogens with zero attached hydrogens (tertiary/aromatic N) is 2. The van der Waals surface area contributed by atoms with Crippen molar-refractivity contribution in [2.75, 3.05) is 20.8 Å². The van der Waals surface area contributed by atoms with Crippen LogP contribution in [0.2, 0.25) is 0 Å². The summed E-state index contributed by atoms with van der Waals surface area (Å²) in [5, 5.41) is 6.26. The molecule has 0 aliphatic carbocycles. The van der Waals surface area contributed by atoms with Crippen LogP contribution in [0.15, 0.2) is 24.3 Å². The van der Waals surface area contributed by atoms with Gasteiger partial charge in [-0.25, -0.2) is 0 Å². The maximum atomic E-state index is 12.6. The molecule has 26 heavy (non-hydrogen) atoms. The number of ether oxygens (including phenoxy) is 2. The van der Waals surface area contributed by atoms with Crippen LogP contribution in [-0.2, 0) is 12.7 Å². The van der Waals surface area contributed by atoms with Crippen LogP contribution in [0.4, 0.5) is 13.2 Å². The van der Waals surface area contributed by atoms with Crippen molar-refractivity contribution in [3.8, 4) is 11.5 Å². The maximum absolute atomic E-state index is 12.6. The Morgan fingerprint density at radius 1 is 1.23 bits per heavy atom. The molecule has 1 N–H and O–H groups in total. The summed E-state index contributed by atoms with van der Waals surface area (Å²) in [6.07, 6.45) is -4.03. The van der Waals surface area contributed by atoms with Crippen molar-refractivity contribution in [1.82, 2.24) is 15.1 Å². The Morgan fingerprint density at radius 2 is 1.96 bits per heavy atom. The molecule has 0 spiro atoms. The Hall–Kier alpha value is -2.71. The van der Waals surface area contributed by atoms with Gasteiger partial charge in [-0.15, -0.1) is 0 Å². The predicted molar refractivity (Wildman–Crippen MR) is 88.5 cm³/mol. The van der Waals surface area contributed by atoms with Gasteiger partial charge >= 0.3 is 6.18 Å². The molecule has 1 amide bonds. The molecule has 0 bridgehead atoms. The quantitative estimate of drug-likeness (QED) is 0.760. The number of carbonyl (C=O) groups excluding carboxylic acids is 1. The van der Waals surface area contributed by atoms with Crippen molar-refractivity contribution in [2.45, 2.75) is 26.1 Å². The Labute approximate surface area is 148 Å². The minimum atomic E-state index is -4.46. The summed E-state index contributed by atoms with van der Waals surface area (Å²) < 4.78 is 49.4. The number of halogens is 3. The van der Waals surface area contributed by atoms with Gasteiger partial charge in [0.15, 0.2) is 5.69 Å². The van der Waals surface area contributed by atoms with E-state index in [1.165, 1.54) is 18.9 Å². The number of aromatic nitrogens is 2. The van der Waals surface area contributed by atoms with Crippen LogP contribution in [0, 0.1) is 6.92 Å². The van der Waals surface area contributed by atoms with Crippen molar-refractivity contribution in [3.05, 3.63) is 41.2 Å². The first-order chi connectivity index (χ1) is 12.3. The topological polar surface area (TPSA) is 65.4 Å². The van der Waals surface area contributed by atoms with Crippen LogP contribution in [-0.4, -0.2) is 36.5 Å².